The van der Waals surface area contributed by atoms with Crippen molar-refractivity contribution in [1.82, 2.24) is 10.2 Å². The molecule has 0 radical (unpaired) electrons. The van der Waals surface area contributed by atoms with Crippen molar-refractivity contribution in [2.24, 2.45) is 0 Å². The Bertz CT molecular complexity index is 564. The predicted octanol–water partition coefficient (Wildman–Crippen LogP) is 2.88. The van der Waals surface area contributed by atoms with Gasteiger partial charge < -0.3 is 4.42 Å². The fraction of sp³-hybridized carbons (Fsp3) is 0.182. The maximum atomic E-state index is 13.4. The number of aromatic nitrogens is 2. The van der Waals surface area contributed by atoms with E-state index in [0.29, 0.717) is 0 Å². The largest absolute Gasteiger partial charge is 0.411 e. The normalized spacial score (nSPS) is 12.1. The van der Waals surface area contributed by atoms with Crippen molar-refractivity contribution in [3.8, 4) is 17.5 Å². The minimum atomic E-state index is -0.416. The molecule has 86 valence electrons. The van der Waals surface area contributed by atoms with Crippen LogP contribution in [0.5, 0.6) is 0 Å². The van der Waals surface area contributed by atoms with Crippen LogP contribution >= 0.6 is 11.8 Å². The molecule has 0 unspecified atom stereocenters. The molecule has 1 atom stereocenters. The molecule has 1 aromatic heterocycles. The van der Waals surface area contributed by atoms with Gasteiger partial charge in [-0.3, -0.25) is 0 Å². The summed E-state index contributed by atoms with van der Waals surface area (Å²) in [4.78, 5) is 0. The van der Waals surface area contributed by atoms with Gasteiger partial charge in [-0.1, -0.05) is 12.1 Å². The number of nitriles is 1. The van der Waals surface area contributed by atoms with E-state index in [9.17, 15) is 4.39 Å². The summed E-state index contributed by atoms with van der Waals surface area (Å²) in [5.41, 5.74) is 0.261. The molecule has 0 bridgehead atoms. The minimum absolute atomic E-state index is 0.121. The second-order valence-corrected chi connectivity index (χ2v) is 4.53. The van der Waals surface area contributed by atoms with Crippen LogP contribution in [-0.4, -0.2) is 15.4 Å². The van der Waals surface area contributed by atoms with Gasteiger partial charge in [-0.05, 0) is 30.8 Å². The van der Waals surface area contributed by atoms with Crippen molar-refractivity contribution >= 4 is 11.8 Å². The van der Waals surface area contributed by atoms with Gasteiger partial charge in [-0.2, -0.15) is 5.26 Å². The number of thioether (sulfide) groups is 1. The molecule has 0 saturated heterocycles. The van der Waals surface area contributed by atoms with Gasteiger partial charge in [0.2, 0.25) is 0 Å². The third kappa shape index (κ3) is 2.63. The minimum Gasteiger partial charge on any atom is -0.411 e. The van der Waals surface area contributed by atoms with Gasteiger partial charge in [0.15, 0.2) is 0 Å². The zero-order valence-electron chi connectivity index (χ0n) is 8.92. The SMILES string of the molecule is C[C@H](C#N)Sc1nnc(-c2ccccc2F)o1. The lowest BCUT2D eigenvalue weighted by Gasteiger charge is -1.96. The Morgan fingerprint density at radius 3 is 2.88 bits per heavy atom. The zero-order chi connectivity index (χ0) is 12.3. The predicted molar refractivity (Wildman–Crippen MR) is 60.6 cm³/mol. The van der Waals surface area contributed by atoms with Crippen molar-refractivity contribution in [2.45, 2.75) is 17.4 Å². The number of nitrogens with zero attached hydrogens (tertiary/aromatic N) is 3. The van der Waals surface area contributed by atoms with E-state index in [-0.39, 0.29) is 21.9 Å². The van der Waals surface area contributed by atoms with Crippen LogP contribution in [0.2, 0.25) is 0 Å². The lowest BCUT2D eigenvalue weighted by Crippen LogP contribution is -1.88. The van der Waals surface area contributed by atoms with Crippen LogP contribution in [0.25, 0.3) is 11.5 Å². The highest BCUT2D eigenvalue weighted by Crippen LogP contribution is 2.26. The van der Waals surface area contributed by atoms with E-state index in [0.717, 1.165) is 11.8 Å². The van der Waals surface area contributed by atoms with Gasteiger partial charge in [0.1, 0.15) is 5.82 Å². The maximum Gasteiger partial charge on any atom is 0.278 e. The van der Waals surface area contributed by atoms with Crippen LogP contribution in [0.15, 0.2) is 33.9 Å². The standard InChI is InChI=1S/C11H8FN3OS/c1-7(6-13)17-11-15-14-10(16-11)8-4-2-3-5-9(8)12/h2-5,7H,1H3/t7-/m1/s1. The molecule has 0 aliphatic rings. The summed E-state index contributed by atoms with van der Waals surface area (Å²) in [6.07, 6.45) is 0. The van der Waals surface area contributed by atoms with Crippen molar-refractivity contribution in [2.75, 3.05) is 0 Å². The Morgan fingerprint density at radius 2 is 2.18 bits per heavy atom. The van der Waals surface area contributed by atoms with E-state index >= 15 is 0 Å². The Kier molecular flexibility index (Phi) is 3.40. The monoisotopic (exact) mass is 249 g/mol. The summed E-state index contributed by atoms with van der Waals surface area (Å²) in [6.45, 7) is 1.72. The lowest BCUT2D eigenvalue weighted by molar-refractivity contribution is 0.462. The molecule has 0 amide bonds. The fourth-order valence-corrected chi connectivity index (χ4v) is 1.75. The van der Waals surface area contributed by atoms with Crippen LogP contribution in [0.4, 0.5) is 4.39 Å². The number of hydrogen-bond acceptors (Lipinski definition) is 5. The summed E-state index contributed by atoms with van der Waals surface area (Å²) >= 11 is 1.14. The average Bonchev–Trinajstić information content (AvgIpc) is 2.78. The van der Waals surface area contributed by atoms with Crippen molar-refractivity contribution in [1.29, 1.82) is 5.26 Å². The number of benzene rings is 1. The highest BCUT2D eigenvalue weighted by Gasteiger charge is 2.14. The molecule has 4 nitrogen and oxygen atoms in total. The summed E-state index contributed by atoms with van der Waals surface area (Å²) < 4.78 is 18.7. The number of hydrogen-bond donors (Lipinski definition) is 0. The second-order valence-electron chi connectivity index (χ2n) is 3.24. The topological polar surface area (TPSA) is 62.7 Å². The highest BCUT2D eigenvalue weighted by atomic mass is 32.2. The van der Waals surface area contributed by atoms with Crippen LogP contribution in [0.1, 0.15) is 6.92 Å². The van der Waals surface area contributed by atoms with Crippen LogP contribution in [0.3, 0.4) is 0 Å². The van der Waals surface area contributed by atoms with Crippen LogP contribution in [0, 0.1) is 17.1 Å². The first kappa shape index (κ1) is 11.6. The van der Waals surface area contributed by atoms with E-state index in [1.165, 1.54) is 6.07 Å². The van der Waals surface area contributed by atoms with Gasteiger partial charge >= 0.3 is 0 Å². The Morgan fingerprint density at radius 1 is 1.41 bits per heavy atom. The molecule has 0 fully saturated rings. The quantitative estimate of drug-likeness (QED) is 0.782. The third-order valence-electron chi connectivity index (χ3n) is 1.97. The third-order valence-corrected chi connectivity index (χ3v) is 2.80. The van der Waals surface area contributed by atoms with E-state index in [1.807, 2.05) is 6.07 Å². The number of halogens is 1. The van der Waals surface area contributed by atoms with Crippen LogP contribution < -0.4 is 0 Å². The zero-order valence-corrected chi connectivity index (χ0v) is 9.74. The average molecular weight is 249 g/mol. The summed E-state index contributed by atoms with van der Waals surface area (Å²) in [5, 5.41) is 16.1. The van der Waals surface area contributed by atoms with E-state index in [2.05, 4.69) is 10.2 Å². The first-order valence-electron chi connectivity index (χ1n) is 4.85. The molecule has 2 rings (SSSR count). The first-order chi connectivity index (χ1) is 8.20. The molecule has 0 N–H and O–H groups in total. The maximum absolute atomic E-state index is 13.4. The molecular formula is C11H8FN3OS. The Hall–Kier alpha value is -1.87. The Balaban J connectivity index is 2.25. The first-order valence-corrected chi connectivity index (χ1v) is 5.73. The van der Waals surface area contributed by atoms with Gasteiger partial charge in [-0.25, -0.2) is 4.39 Å². The lowest BCUT2D eigenvalue weighted by atomic mass is 10.2. The molecule has 6 heteroatoms. The highest BCUT2D eigenvalue weighted by molar-refractivity contribution is 7.99. The molecule has 1 aromatic carbocycles. The van der Waals surface area contributed by atoms with E-state index in [4.69, 9.17) is 9.68 Å². The summed E-state index contributed by atoms with van der Waals surface area (Å²) in [5.74, 6) is -0.295. The molecule has 0 aliphatic heterocycles. The second kappa shape index (κ2) is 4.97. The number of rotatable bonds is 3. The molecular weight excluding hydrogens is 241 g/mol. The van der Waals surface area contributed by atoms with Gasteiger partial charge in [0, 0.05) is 0 Å². The Labute approximate surface area is 101 Å². The fourth-order valence-electron chi connectivity index (χ4n) is 1.18. The summed E-state index contributed by atoms with van der Waals surface area (Å²) in [6, 6.07) is 8.19. The van der Waals surface area contributed by atoms with Crippen LogP contribution in [-0.2, 0) is 0 Å². The molecule has 2 aromatic rings. The molecule has 0 spiro atoms. The van der Waals surface area contributed by atoms with Crippen molar-refractivity contribution < 1.29 is 8.81 Å². The molecule has 17 heavy (non-hydrogen) atoms. The summed E-state index contributed by atoms with van der Waals surface area (Å²) in [7, 11) is 0. The van der Waals surface area contributed by atoms with E-state index in [1.54, 1.807) is 25.1 Å². The molecule has 0 aliphatic carbocycles. The van der Waals surface area contributed by atoms with Crippen molar-refractivity contribution in [3.05, 3.63) is 30.1 Å². The van der Waals surface area contributed by atoms with Gasteiger partial charge in [-0.15, -0.1) is 10.2 Å². The van der Waals surface area contributed by atoms with Crippen molar-refractivity contribution in [3.63, 3.8) is 0 Å². The van der Waals surface area contributed by atoms with Gasteiger partial charge in [0.05, 0.1) is 16.9 Å². The smallest absolute Gasteiger partial charge is 0.278 e. The van der Waals surface area contributed by atoms with E-state index < -0.39 is 5.82 Å². The van der Waals surface area contributed by atoms with Gasteiger partial charge in [0.25, 0.3) is 11.1 Å². The molecule has 0 saturated carbocycles. The molecule has 1 heterocycles.